The Hall–Kier alpha value is -0.480. The highest BCUT2D eigenvalue weighted by Crippen LogP contribution is 2.55. The maximum absolute atomic E-state index is 3.13. The number of hydrogen-bond acceptors (Lipinski definition) is 0. The zero-order valence-electron chi connectivity index (χ0n) is 3.78. The third-order valence-corrected chi connectivity index (χ3v) is 1.52. The summed E-state index contributed by atoms with van der Waals surface area (Å²) in [5.74, 6) is 0.921. The molecule has 0 bridgehead atoms. The van der Waals surface area contributed by atoms with Crippen LogP contribution in [0.15, 0.2) is 16.9 Å². The lowest BCUT2D eigenvalue weighted by Gasteiger charge is -1.77. The molecule has 6 heavy (non-hydrogen) atoms. The minimum absolute atomic E-state index is 0.921. The number of fused-ring (bicyclic) bond motifs is 1. The largest absolute Gasteiger partial charge is 0.111 e. The van der Waals surface area contributed by atoms with Crippen molar-refractivity contribution in [3.05, 3.63) is 16.9 Å². The fourth-order valence-electron chi connectivity index (χ4n) is 0.888. The molecule has 1 saturated carbocycles. The van der Waals surface area contributed by atoms with E-state index in [1.54, 1.807) is 0 Å². The van der Waals surface area contributed by atoms with Crippen LogP contribution >= 0.6 is 0 Å². The van der Waals surface area contributed by atoms with Crippen LogP contribution in [-0.2, 0) is 0 Å². The van der Waals surface area contributed by atoms with E-state index in [0.29, 0.717) is 0 Å². The van der Waals surface area contributed by atoms with Crippen LogP contribution in [0.2, 0.25) is 0 Å². The molecule has 0 heteroatoms. The molecular formula is C6H6. The minimum Gasteiger partial charge on any atom is -0.111 e. The van der Waals surface area contributed by atoms with Crippen LogP contribution in [0.4, 0.5) is 0 Å². The van der Waals surface area contributed by atoms with E-state index in [0.717, 1.165) is 5.92 Å². The van der Waals surface area contributed by atoms with E-state index in [2.05, 4.69) is 12.7 Å². The summed E-state index contributed by atoms with van der Waals surface area (Å²) in [7, 11) is 0. The number of hydrogen-bond donors (Lipinski definition) is 0. The third kappa shape index (κ3) is 0.122. The lowest BCUT2D eigenvalue weighted by atomic mass is 10.3. The first kappa shape index (κ1) is 2.65. The van der Waals surface area contributed by atoms with Gasteiger partial charge in [0.05, 0.1) is 0 Å². The van der Waals surface area contributed by atoms with Crippen molar-refractivity contribution in [2.45, 2.75) is 13.3 Å². The summed E-state index contributed by atoms with van der Waals surface area (Å²) in [6, 6.07) is 0. The molecule has 0 nitrogen and oxygen atoms in total. The van der Waals surface area contributed by atoms with E-state index in [-0.39, 0.29) is 0 Å². The second kappa shape index (κ2) is 0.506. The molecule has 0 heterocycles. The molecule has 1 fully saturated rings. The van der Waals surface area contributed by atoms with E-state index >= 15 is 0 Å². The fraction of sp³-hybridized carbons (Fsp3) is 0.500. The van der Waals surface area contributed by atoms with Gasteiger partial charge in [-0.1, -0.05) is 6.92 Å². The van der Waals surface area contributed by atoms with Crippen LogP contribution in [0.3, 0.4) is 0 Å². The van der Waals surface area contributed by atoms with Crippen LogP contribution in [0.1, 0.15) is 13.3 Å². The van der Waals surface area contributed by atoms with Crippen LogP contribution in [0, 0.1) is 5.92 Å². The number of allylic oxidation sites excluding steroid dienone is 1. The molecule has 0 saturated heterocycles. The van der Waals surface area contributed by atoms with Crippen molar-refractivity contribution >= 4 is 0 Å². The lowest BCUT2D eigenvalue weighted by Crippen LogP contribution is -1.67. The first-order chi connectivity index (χ1) is 2.93. The molecule has 0 aromatic heterocycles. The highest BCUT2D eigenvalue weighted by atomic mass is 14.5. The van der Waals surface area contributed by atoms with Gasteiger partial charge in [-0.25, -0.2) is 0 Å². The molecule has 0 aromatic rings. The van der Waals surface area contributed by atoms with Gasteiger partial charge in [-0.05, 0) is 6.42 Å². The topological polar surface area (TPSA) is 0 Å². The summed E-state index contributed by atoms with van der Waals surface area (Å²) < 4.78 is 0. The van der Waals surface area contributed by atoms with Gasteiger partial charge in [-0.2, -0.15) is 0 Å². The fourth-order valence-corrected chi connectivity index (χ4v) is 0.888. The Balaban J connectivity index is 2.10. The zero-order valence-corrected chi connectivity index (χ0v) is 3.78. The normalized spacial score (nSPS) is 24.8. The molecule has 0 atom stereocenters. The van der Waals surface area contributed by atoms with Crippen molar-refractivity contribution in [3.63, 3.8) is 0 Å². The van der Waals surface area contributed by atoms with Gasteiger partial charge in [0.1, 0.15) is 0 Å². The SMILES string of the molecule is CCC1C2=C=C21. The van der Waals surface area contributed by atoms with Crippen molar-refractivity contribution < 1.29 is 0 Å². The second-order valence-corrected chi connectivity index (χ2v) is 1.91. The molecule has 0 radical (unpaired) electrons. The minimum atomic E-state index is 0.921. The Bertz CT molecular complexity index is 143. The van der Waals surface area contributed by atoms with Crippen LogP contribution in [-0.4, -0.2) is 0 Å². The Kier molecular flexibility index (Phi) is 0.224. The summed E-state index contributed by atoms with van der Waals surface area (Å²) >= 11 is 0. The zero-order chi connectivity index (χ0) is 4.15. The maximum atomic E-state index is 3.13. The van der Waals surface area contributed by atoms with Crippen LogP contribution in [0.5, 0.6) is 0 Å². The Morgan fingerprint density at radius 2 is 2.33 bits per heavy atom. The third-order valence-electron chi connectivity index (χ3n) is 1.52. The van der Waals surface area contributed by atoms with Crippen LogP contribution in [0.25, 0.3) is 0 Å². The van der Waals surface area contributed by atoms with E-state index in [1.807, 2.05) is 0 Å². The Morgan fingerprint density at radius 3 is 2.33 bits per heavy atom. The molecule has 0 unspecified atom stereocenters. The average molecular weight is 78.1 g/mol. The van der Waals surface area contributed by atoms with Crippen molar-refractivity contribution in [1.82, 2.24) is 0 Å². The molecule has 0 spiro atoms. The van der Waals surface area contributed by atoms with Gasteiger partial charge in [0, 0.05) is 17.1 Å². The van der Waals surface area contributed by atoms with E-state index in [9.17, 15) is 0 Å². The number of rotatable bonds is 1. The predicted octanol–water partition coefficient (Wildman–Crippen LogP) is 1.49. The van der Waals surface area contributed by atoms with Gasteiger partial charge >= 0.3 is 0 Å². The maximum Gasteiger partial charge on any atom is 0.0252 e. The van der Waals surface area contributed by atoms with Gasteiger partial charge in [0.25, 0.3) is 0 Å². The highest BCUT2D eigenvalue weighted by molar-refractivity contribution is 5.67. The van der Waals surface area contributed by atoms with Crippen LogP contribution < -0.4 is 0 Å². The molecular weight excluding hydrogens is 72.1 g/mol. The van der Waals surface area contributed by atoms with Crippen molar-refractivity contribution in [2.75, 3.05) is 0 Å². The first-order valence-corrected chi connectivity index (χ1v) is 2.44. The monoisotopic (exact) mass is 78.0 g/mol. The molecule has 2 aliphatic carbocycles. The summed E-state index contributed by atoms with van der Waals surface area (Å²) in [6.07, 6.45) is 1.32. The van der Waals surface area contributed by atoms with Gasteiger partial charge in [-0.3, -0.25) is 0 Å². The van der Waals surface area contributed by atoms with E-state index < -0.39 is 0 Å². The van der Waals surface area contributed by atoms with Gasteiger partial charge in [0.2, 0.25) is 0 Å². The van der Waals surface area contributed by atoms with E-state index in [1.165, 1.54) is 17.6 Å². The van der Waals surface area contributed by atoms with Crippen molar-refractivity contribution in [2.24, 2.45) is 5.92 Å². The van der Waals surface area contributed by atoms with Crippen molar-refractivity contribution in [3.8, 4) is 0 Å². The lowest BCUT2D eigenvalue weighted by molar-refractivity contribution is 0.859. The predicted molar refractivity (Wildman–Crippen MR) is 24.3 cm³/mol. The molecule has 0 amide bonds. The Labute approximate surface area is 37.2 Å². The quantitative estimate of drug-likeness (QED) is 0.417. The molecule has 0 aliphatic heterocycles. The summed E-state index contributed by atoms with van der Waals surface area (Å²) in [5, 5.41) is 0. The van der Waals surface area contributed by atoms with Gasteiger partial charge in [0.15, 0.2) is 0 Å². The molecule has 0 aromatic carbocycles. The molecule has 0 N–H and O–H groups in total. The second-order valence-electron chi connectivity index (χ2n) is 1.91. The van der Waals surface area contributed by atoms with E-state index in [4.69, 9.17) is 0 Å². The molecule has 30 valence electrons. The summed E-state index contributed by atoms with van der Waals surface area (Å²) in [5.41, 5.74) is 6.21. The standard InChI is InChI=1S/C6H6/c1-2-4-5-3-6(4)5/h4H,2H2,1H3. The average Bonchev–Trinajstić information content (AvgIpc) is 2.12. The summed E-state index contributed by atoms with van der Waals surface area (Å²) in [4.78, 5) is 0. The summed E-state index contributed by atoms with van der Waals surface area (Å²) in [6.45, 7) is 2.22. The molecule has 2 rings (SSSR count). The first-order valence-electron chi connectivity index (χ1n) is 2.44. The Morgan fingerprint density at radius 1 is 1.67 bits per heavy atom. The van der Waals surface area contributed by atoms with Crippen molar-refractivity contribution in [1.29, 1.82) is 0 Å². The molecule has 2 aliphatic rings. The van der Waals surface area contributed by atoms with Gasteiger partial charge < -0.3 is 0 Å². The smallest absolute Gasteiger partial charge is 0.0252 e. The van der Waals surface area contributed by atoms with Gasteiger partial charge in [-0.15, -0.1) is 5.73 Å². The highest BCUT2D eigenvalue weighted by Gasteiger charge is 2.44.